The number of aromatic nitrogens is 5. The van der Waals surface area contributed by atoms with Crippen LogP contribution >= 0.6 is 0 Å². The summed E-state index contributed by atoms with van der Waals surface area (Å²) >= 11 is 0. The molecule has 0 aliphatic heterocycles. The van der Waals surface area contributed by atoms with E-state index < -0.39 is 11.7 Å². The van der Waals surface area contributed by atoms with Gasteiger partial charge in [-0.05, 0) is 43.2 Å². The molecule has 1 aliphatic rings. The molecule has 4 aromatic rings. The Morgan fingerprint density at radius 2 is 1.97 bits per heavy atom. The van der Waals surface area contributed by atoms with Gasteiger partial charge in [0.2, 0.25) is 0 Å². The molecule has 1 aliphatic carbocycles. The first-order chi connectivity index (χ1) is 16.5. The Morgan fingerprint density at radius 3 is 2.74 bits per heavy atom. The molecule has 2 atom stereocenters. The van der Waals surface area contributed by atoms with Crippen molar-refractivity contribution < 1.29 is 9.18 Å². The zero-order valence-electron chi connectivity index (χ0n) is 18.3. The molecule has 5 rings (SSSR count). The first-order valence-corrected chi connectivity index (χ1v) is 11.0. The van der Waals surface area contributed by atoms with E-state index >= 15 is 0 Å². The van der Waals surface area contributed by atoms with Crippen LogP contribution in [0.4, 0.5) is 21.7 Å². The first kappa shape index (κ1) is 21.7. The summed E-state index contributed by atoms with van der Waals surface area (Å²) < 4.78 is 16.4. The topological polar surface area (TPSA) is 150 Å². The number of primary amides is 1. The van der Waals surface area contributed by atoms with Crippen LogP contribution in [-0.4, -0.2) is 42.7 Å². The highest BCUT2D eigenvalue weighted by Gasteiger charge is 2.24. The molecular formula is C23H24FN9O. The zero-order valence-corrected chi connectivity index (χ0v) is 18.3. The number of nitrogens with one attached hydrogen (secondary N) is 2. The summed E-state index contributed by atoms with van der Waals surface area (Å²) in [7, 11) is 0. The molecule has 11 heteroatoms. The van der Waals surface area contributed by atoms with Gasteiger partial charge in [-0.3, -0.25) is 9.78 Å². The van der Waals surface area contributed by atoms with E-state index in [1.54, 1.807) is 47.5 Å². The second kappa shape index (κ2) is 9.02. The minimum atomic E-state index is -0.792. The Hall–Kier alpha value is -4.12. The van der Waals surface area contributed by atoms with Crippen molar-refractivity contribution in [2.75, 3.05) is 10.6 Å². The number of anilines is 3. The number of nitrogens with zero attached hydrogens (tertiary/aromatic N) is 5. The maximum Gasteiger partial charge on any atom is 0.252 e. The lowest BCUT2D eigenvalue weighted by Crippen LogP contribution is -2.43. The van der Waals surface area contributed by atoms with Gasteiger partial charge in [0.25, 0.3) is 5.91 Å². The second-order valence-electron chi connectivity index (χ2n) is 8.29. The Kier molecular flexibility index (Phi) is 5.76. The van der Waals surface area contributed by atoms with Gasteiger partial charge in [0, 0.05) is 30.2 Å². The first-order valence-electron chi connectivity index (χ1n) is 11.0. The molecule has 1 aromatic carbocycles. The monoisotopic (exact) mass is 461 g/mol. The number of amides is 1. The number of carbonyl (C=O) groups is 1. The van der Waals surface area contributed by atoms with E-state index in [0.29, 0.717) is 22.5 Å². The fourth-order valence-electron chi connectivity index (χ4n) is 4.12. The van der Waals surface area contributed by atoms with Gasteiger partial charge < -0.3 is 22.1 Å². The molecule has 174 valence electrons. The number of carbonyl (C=O) groups excluding carboxylic acids is 1. The van der Waals surface area contributed by atoms with Crippen molar-refractivity contribution in [3.05, 3.63) is 60.3 Å². The number of hydrogen-bond donors (Lipinski definition) is 4. The van der Waals surface area contributed by atoms with Crippen LogP contribution in [0.1, 0.15) is 36.0 Å². The standard InChI is InChI=1S/C23H24FN9O/c24-15-11-14(21(26)34)22(32-23(15)31-17-5-2-1-4-16(17)25)29-13-6-7-18-19(10-13)27-12-20(30-18)33-9-3-8-28-33/h3,6-12,16-17H,1-2,4-5,25H2,(H2,26,34)(H2,29,31,32)/t16-,17+/m0/s1. The van der Waals surface area contributed by atoms with Crippen LogP contribution in [0.2, 0.25) is 0 Å². The van der Waals surface area contributed by atoms with Gasteiger partial charge in [-0.15, -0.1) is 0 Å². The third-order valence-corrected chi connectivity index (χ3v) is 5.91. The van der Waals surface area contributed by atoms with Crippen molar-refractivity contribution in [2.45, 2.75) is 37.8 Å². The summed E-state index contributed by atoms with van der Waals surface area (Å²) in [5.41, 5.74) is 13.5. The summed E-state index contributed by atoms with van der Waals surface area (Å²) in [6, 6.07) is 8.02. The quantitative estimate of drug-likeness (QED) is 0.342. The Balaban J connectivity index is 1.45. The molecule has 0 unspecified atom stereocenters. The van der Waals surface area contributed by atoms with Crippen LogP contribution in [-0.2, 0) is 0 Å². The molecule has 1 amide bonds. The summed E-state index contributed by atoms with van der Waals surface area (Å²) in [6.07, 6.45) is 8.81. The van der Waals surface area contributed by atoms with Gasteiger partial charge in [0.1, 0.15) is 5.82 Å². The van der Waals surface area contributed by atoms with Gasteiger partial charge in [0.05, 0.1) is 22.8 Å². The molecule has 0 bridgehead atoms. The summed E-state index contributed by atoms with van der Waals surface area (Å²) in [5, 5.41) is 10.3. The van der Waals surface area contributed by atoms with Crippen molar-refractivity contribution >= 4 is 34.3 Å². The molecule has 6 N–H and O–H groups in total. The fraction of sp³-hybridized carbons (Fsp3) is 0.261. The van der Waals surface area contributed by atoms with E-state index in [1.807, 2.05) is 0 Å². The minimum absolute atomic E-state index is 0.0271. The molecule has 1 saturated carbocycles. The molecule has 0 radical (unpaired) electrons. The van der Waals surface area contributed by atoms with Gasteiger partial charge >= 0.3 is 0 Å². The van der Waals surface area contributed by atoms with Crippen LogP contribution in [0.5, 0.6) is 0 Å². The van der Waals surface area contributed by atoms with Crippen molar-refractivity contribution in [2.24, 2.45) is 11.5 Å². The molecule has 0 spiro atoms. The van der Waals surface area contributed by atoms with E-state index in [1.165, 1.54) is 0 Å². The van der Waals surface area contributed by atoms with Crippen LogP contribution in [0.25, 0.3) is 16.9 Å². The molecule has 3 aromatic heterocycles. The van der Waals surface area contributed by atoms with Gasteiger partial charge in [-0.1, -0.05) is 12.8 Å². The predicted molar refractivity (Wildman–Crippen MR) is 127 cm³/mol. The van der Waals surface area contributed by atoms with Gasteiger partial charge in [-0.2, -0.15) is 5.10 Å². The predicted octanol–water partition coefficient (Wildman–Crippen LogP) is 2.87. The number of nitrogens with two attached hydrogens (primary N) is 2. The summed E-state index contributed by atoms with van der Waals surface area (Å²) in [5.74, 6) is -0.696. The maximum atomic E-state index is 14.7. The van der Waals surface area contributed by atoms with Crippen LogP contribution in [0.3, 0.4) is 0 Å². The molecular weight excluding hydrogens is 437 g/mol. The largest absolute Gasteiger partial charge is 0.365 e. The molecule has 0 saturated heterocycles. The van der Waals surface area contributed by atoms with E-state index in [9.17, 15) is 9.18 Å². The Bertz CT molecular complexity index is 1340. The SMILES string of the molecule is NC(=O)c1cc(F)c(N[C@@H]2CCCC[C@@H]2N)nc1Nc1ccc2nc(-n3cccn3)cnc2c1. The summed E-state index contributed by atoms with van der Waals surface area (Å²) in [6.45, 7) is 0. The van der Waals surface area contributed by atoms with Gasteiger partial charge in [-0.25, -0.2) is 19.0 Å². The third-order valence-electron chi connectivity index (χ3n) is 5.91. The Morgan fingerprint density at radius 1 is 1.12 bits per heavy atom. The maximum absolute atomic E-state index is 14.7. The van der Waals surface area contributed by atoms with E-state index in [2.05, 4.69) is 30.7 Å². The lowest BCUT2D eigenvalue weighted by atomic mass is 9.91. The van der Waals surface area contributed by atoms with E-state index in [0.717, 1.165) is 31.7 Å². The van der Waals surface area contributed by atoms with Crippen molar-refractivity contribution in [3.63, 3.8) is 0 Å². The number of fused-ring (bicyclic) bond motifs is 1. The van der Waals surface area contributed by atoms with E-state index in [4.69, 9.17) is 11.5 Å². The number of rotatable bonds is 6. The molecule has 1 fully saturated rings. The normalized spacial score (nSPS) is 18.1. The summed E-state index contributed by atoms with van der Waals surface area (Å²) in [4.78, 5) is 25.3. The highest BCUT2D eigenvalue weighted by atomic mass is 19.1. The lowest BCUT2D eigenvalue weighted by Gasteiger charge is -2.30. The third kappa shape index (κ3) is 4.37. The van der Waals surface area contributed by atoms with Crippen LogP contribution in [0, 0.1) is 5.82 Å². The van der Waals surface area contributed by atoms with E-state index in [-0.39, 0.29) is 29.3 Å². The van der Waals surface area contributed by atoms with Crippen molar-refractivity contribution in [1.82, 2.24) is 24.7 Å². The minimum Gasteiger partial charge on any atom is -0.365 e. The lowest BCUT2D eigenvalue weighted by molar-refractivity contribution is 0.100. The van der Waals surface area contributed by atoms with Crippen molar-refractivity contribution in [3.8, 4) is 5.82 Å². The van der Waals surface area contributed by atoms with Gasteiger partial charge in [0.15, 0.2) is 17.5 Å². The average Bonchev–Trinajstić information content (AvgIpc) is 3.37. The second-order valence-corrected chi connectivity index (χ2v) is 8.29. The van der Waals surface area contributed by atoms with Crippen LogP contribution < -0.4 is 22.1 Å². The average molecular weight is 462 g/mol. The smallest absolute Gasteiger partial charge is 0.252 e. The molecule has 10 nitrogen and oxygen atoms in total. The number of pyridine rings is 1. The highest BCUT2D eigenvalue weighted by molar-refractivity contribution is 5.98. The van der Waals surface area contributed by atoms with Crippen LogP contribution in [0.15, 0.2) is 48.9 Å². The number of benzene rings is 1. The zero-order chi connectivity index (χ0) is 23.7. The molecule has 34 heavy (non-hydrogen) atoms. The highest BCUT2D eigenvalue weighted by Crippen LogP contribution is 2.27. The molecule has 3 heterocycles. The number of halogens is 1. The fourth-order valence-corrected chi connectivity index (χ4v) is 4.12. The number of hydrogen-bond acceptors (Lipinski definition) is 8. The van der Waals surface area contributed by atoms with Crippen molar-refractivity contribution in [1.29, 1.82) is 0 Å². The Labute approximate surface area is 194 Å².